The van der Waals surface area contributed by atoms with Gasteiger partial charge in [-0.3, -0.25) is 5.10 Å². The molecule has 0 aliphatic rings. The molecule has 9 heavy (non-hydrogen) atoms. The van der Waals surface area contributed by atoms with Crippen LogP contribution in [0.5, 0.6) is 0 Å². The molecule has 0 bridgehead atoms. The van der Waals surface area contributed by atoms with Gasteiger partial charge in [-0.05, 0) is 12.0 Å². The van der Waals surface area contributed by atoms with Crippen LogP contribution < -0.4 is 0 Å². The summed E-state index contributed by atoms with van der Waals surface area (Å²) in [6, 6.07) is 1.83. The number of nitrogens with zero attached hydrogens (tertiary/aromatic N) is 1. The van der Waals surface area contributed by atoms with Crippen molar-refractivity contribution in [2.75, 3.05) is 5.33 Å². The first-order valence-corrected chi connectivity index (χ1v) is 3.60. The lowest BCUT2D eigenvalue weighted by molar-refractivity contribution is 1.08. The lowest BCUT2D eigenvalue weighted by Crippen LogP contribution is -1.72. The van der Waals surface area contributed by atoms with Gasteiger partial charge in [-0.1, -0.05) is 21.9 Å². The molecule has 0 aliphatic carbocycles. The summed E-state index contributed by atoms with van der Waals surface area (Å²) in [6.45, 7) is 0. The van der Waals surface area contributed by atoms with E-state index in [0.29, 0.717) is 5.33 Å². The third-order valence-corrected chi connectivity index (χ3v) is 1.07. The van der Waals surface area contributed by atoms with E-state index >= 15 is 0 Å². The Morgan fingerprint density at radius 3 is 3.22 bits per heavy atom. The number of nitrogens with one attached hydrogen (secondary N) is 1. The molecule has 0 atom stereocenters. The van der Waals surface area contributed by atoms with Gasteiger partial charge in [-0.2, -0.15) is 5.10 Å². The first-order chi connectivity index (χ1) is 4.43. The summed E-state index contributed by atoms with van der Waals surface area (Å²) in [6.07, 6.45) is 1.68. The topological polar surface area (TPSA) is 28.7 Å². The zero-order chi connectivity index (χ0) is 6.53. The highest BCUT2D eigenvalue weighted by Gasteiger charge is 1.80. The van der Waals surface area contributed by atoms with Crippen LogP contribution in [0.15, 0.2) is 12.3 Å². The molecule has 0 saturated carbocycles. The van der Waals surface area contributed by atoms with Gasteiger partial charge in [-0.25, -0.2) is 0 Å². The second-order valence-electron chi connectivity index (χ2n) is 1.41. The minimum Gasteiger partial charge on any atom is -0.270 e. The molecule has 0 amide bonds. The Hall–Kier alpha value is -0.750. The molecule has 0 radical (unpaired) electrons. The second kappa shape index (κ2) is 3.31. The molecule has 1 aromatic rings. The monoisotopic (exact) mass is 184 g/mol. The summed E-state index contributed by atoms with van der Waals surface area (Å²) in [4.78, 5) is 0. The number of halogens is 1. The van der Waals surface area contributed by atoms with E-state index in [1.54, 1.807) is 6.20 Å². The Morgan fingerprint density at radius 1 is 1.78 bits per heavy atom. The maximum Gasteiger partial charge on any atom is 0.107 e. The largest absolute Gasteiger partial charge is 0.270 e. The molecule has 1 aromatic heterocycles. The average molecular weight is 185 g/mol. The summed E-state index contributed by atoms with van der Waals surface area (Å²) in [5.74, 6) is 5.71. The Labute approximate surface area is 61.8 Å². The number of aromatic amines is 1. The highest BCUT2D eigenvalue weighted by atomic mass is 79.9. The second-order valence-corrected chi connectivity index (χ2v) is 1.97. The molecule has 0 unspecified atom stereocenters. The SMILES string of the molecule is BrCC#Cc1ccn[nH]1. The number of hydrogen-bond acceptors (Lipinski definition) is 1. The molecule has 1 rings (SSSR count). The first-order valence-electron chi connectivity index (χ1n) is 2.47. The quantitative estimate of drug-likeness (QED) is 0.476. The normalized spacial score (nSPS) is 8.11. The van der Waals surface area contributed by atoms with Crippen molar-refractivity contribution in [3.05, 3.63) is 18.0 Å². The van der Waals surface area contributed by atoms with Gasteiger partial charge >= 0.3 is 0 Å². The zero-order valence-electron chi connectivity index (χ0n) is 4.69. The highest BCUT2D eigenvalue weighted by Crippen LogP contribution is 1.86. The fraction of sp³-hybridized carbons (Fsp3) is 0.167. The maximum absolute atomic E-state index is 3.73. The zero-order valence-corrected chi connectivity index (χ0v) is 6.27. The van der Waals surface area contributed by atoms with E-state index in [-0.39, 0.29) is 0 Å². The van der Waals surface area contributed by atoms with E-state index in [9.17, 15) is 0 Å². The molecule has 3 heteroatoms. The van der Waals surface area contributed by atoms with Crippen molar-refractivity contribution >= 4 is 15.9 Å². The molecule has 1 heterocycles. The highest BCUT2D eigenvalue weighted by molar-refractivity contribution is 9.09. The Balaban J connectivity index is 2.67. The smallest absolute Gasteiger partial charge is 0.107 e. The first kappa shape index (κ1) is 6.37. The average Bonchev–Trinajstić information content (AvgIpc) is 2.34. The van der Waals surface area contributed by atoms with E-state index < -0.39 is 0 Å². The van der Waals surface area contributed by atoms with E-state index in [0.717, 1.165) is 5.69 Å². The van der Waals surface area contributed by atoms with Crippen LogP contribution in [0.1, 0.15) is 5.69 Å². The Morgan fingerprint density at radius 2 is 2.67 bits per heavy atom. The predicted molar refractivity (Wildman–Crippen MR) is 39.3 cm³/mol. The van der Waals surface area contributed by atoms with Crippen LogP contribution in [0, 0.1) is 11.8 Å². The van der Waals surface area contributed by atoms with Gasteiger partial charge in [0.1, 0.15) is 5.69 Å². The molecule has 1 N–H and O–H groups in total. The summed E-state index contributed by atoms with van der Waals surface area (Å²) >= 11 is 3.19. The van der Waals surface area contributed by atoms with Crippen molar-refractivity contribution in [3.63, 3.8) is 0 Å². The van der Waals surface area contributed by atoms with Gasteiger partial charge < -0.3 is 0 Å². The van der Waals surface area contributed by atoms with Gasteiger partial charge in [0.2, 0.25) is 0 Å². The predicted octanol–water partition coefficient (Wildman–Crippen LogP) is 1.16. The van der Waals surface area contributed by atoms with Crippen LogP contribution >= 0.6 is 15.9 Å². The number of H-pyrrole nitrogens is 1. The maximum atomic E-state index is 3.73. The van der Waals surface area contributed by atoms with Crippen molar-refractivity contribution < 1.29 is 0 Å². The van der Waals surface area contributed by atoms with Crippen LogP contribution in [0.2, 0.25) is 0 Å². The summed E-state index contributed by atoms with van der Waals surface area (Å²) < 4.78 is 0. The molecule has 46 valence electrons. The van der Waals surface area contributed by atoms with Gasteiger partial charge in [-0.15, -0.1) is 0 Å². The van der Waals surface area contributed by atoms with Crippen molar-refractivity contribution in [2.45, 2.75) is 0 Å². The molecule has 0 spiro atoms. The number of alkyl halides is 1. The number of rotatable bonds is 0. The molecule has 0 fully saturated rings. The lowest BCUT2D eigenvalue weighted by Gasteiger charge is -1.73. The third kappa shape index (κ3) is 1.90. The fourth-order valence-electron chi connectivity index (χ4n) is 0.454. The summed E-state index contributed by atoms with van der Waals surface area (Å²) in [7, 11) is 0. The van der Waals surface area contributed by atoms with Crippen molar-refractivity contribution in [2.24, 2.45) is 0 Å². The molecule has 0 aromatic carbocycles. The third-order valence-electron chi connectivity index (χ3n) is 0.791. The van der Waals surface area contributed by atoms with E-state index in [4.69, 9.17) is 0 Å². The standard InChI is InChI=1S/C6H5BrN2/c7-4-1-2-6-3-5-8-9-6/h3,5H,4H2,(H,8,9). The Kier molecular flexibility index (Phi) is 2.34. The molecular weight excluding hydrogens is 180 g/mol. The van der Waals surface area contributed by atoms with E-state index in [1.807, 2.05) is 6.07 Å². The van der Waals surface area contributed by atoms with Gasteiger partial charge in [0.05, 0.1) is 5.33 Å². The van der Waals surface area contributed by atoms with Crippen LogP contribution in [0.25, 0.3) is 0 Å². The van der Waals surface area contributed by atoms with Crippen LogP contribution in [-0.2, 0) is 0 Å². The van der Waals surface area contributed by atoms with Gasteiger partial charge in [0, 0.05) is 6.20 Å². The summed E-state index contributed by atoms with van der Waals surface area (Å²) in [5.41, 5.74) is 0.856. The minimum atomic E-state index is 0.700. The lowest BCUT2D eigenvalue weighted by atomic mass is 10.4. The van der Waals surface area contributed by atoms with Crippen LogP contribution in [0.3, 0.4) is 0 Å². The molecule has 2 nitrogen and oxygen atoms in total. The molecule has 0 saturated heterocycles. The number of hydrogen-bond donors (Lipinski definition) is 1. The van der Waals surface area contributed by atoms with E-state index in [2.05, 4.69) is 38.0 Å². The summed E-state index contributed by atoms with van der Waals surface area (Å²) in [5, 5.41) is 7.16. The van der Waals surface area contributed by atoms with Crippen molar-refractivity contribution in [3.8, 4) is 11.8 Å². The van der Waals surface area contributed by atoms with E-state index in [1.165, 1.54) is 0 Å². The van der Waals surface area contributed by atoms with Crippen molar-refractivity contribution in [1.82, 2.24) is 10.2 Å². The van der Waals surface area contributed by atoms with Gasteiger partial charge in [0.25, 0.3) is 0 Å². The Bertz CT molecular complexity index is 217. The van der Waals surface area contributed by atoms with Crippen LogP contribution in [0.4, 0.5) is 0 Å². The molecule has 0 aliphatic heterocycles. The van der Waals surface area contributed by atoms with Gasteiger partial charge in [0.15, 0.2) is 0 Å². The fourth-order valence-corrected chi connectivity index (χ4v) is 0.594. The van der Waals surface area contributed by atoms with Crippen molar-refractivity contribution in [1.29, 1.82) is 0 Å². The van der Waals surface area contributed by atoms with Crippen LogP contribution in [-0.4, -0.2) is 15.5 Å². The number of aromatic nitrogens is 2. The molecular formula is C6H5BrN2. The minimum absolute atomic E-state index is 0.700.